The molecule has 19 heavy (non-hydrogen) atoms. The van der Waals surface area contributed by atoms with Gasteiger partial charge in [0.2, 0.25) is 0 Å². The molecular formula is C16H32N2S. The highest BCUT2D eigenvalue weighted by molar-refractivity contribution is 8.00. The van der Waals surface area contributed by atoms with Crippen LogP contribution < -0.4 is 5.32 Å². The van der Waals surface area contributed by atoms with E-state index in [9.17, 15) is 0 Å². The van der Waals surface area contributed by atoms with Crippen LogP contribution in [-0.4, -0.2) is 48.1 Å². The Morgan fingerprint density at radius 3 is 2.74 bits per heavy atom. The summed E-state index contributed by atoms with van der Waals surface area (Å²) in [5.74, 6) is 0.860. The van der Waals surface area contributed by atoms with Crippen LogP contribution in [0.25, 0.3) is 0 Å². The van der Waals surface area contributed by atoms with E-state index in [-0.39, 0.29) is 0 Å². The van der Waals surface area contributed by atoms with Crippen LogP contribution in [0, 0.1) is 5.92 Å². The third-order valence-electron chi connectivity index (χ3n) is 5.23. The van der Waals surface area contributed by atoms with E-state index in [0.29, 0.717) is 10.8 Å². The van der Waals surface area contributed by atoms with Crippen LogP contribution in [0.3, 0.4) is 0 Å². The van der Waals surface area contributed by atoms with Gasteiger partial charge in [-0.05, 0) is 64.3 Å². The van der Waals surface area contributed by atoms with Crippen molar-refractivity contribution in [3.63, 3.8) is 0 Å². The SMILES string of the molecule is CCCN1CCCC(C(C)NCC2(SC)CCC2)C1. The quantitative estimate of drug-likeness (QED) is 0.771. The van der Waals surface area contributed by atoms with Crippen LogP contribution in [0.2, 0.25) is 0 Å². The van der Waals surface area contributed by atoms with Crippen molar-refractivity contribution in [2.24, 2.45) is 5.92 Å². The summed E-state index contributed by atoms with van der Waals surface area (Å²) in [5.41, 5.74) is 0. The van der Waals surface area contributed by atoms with Crippen molar-refractivity contribution < 1.29 is 0 Å². The van der Waals surface area contributed by atoms with Gasteiger partial charge >= 0.3 is 0 Å². The molecule has 0 aromatic rings. The van der Waals surface area contributed by atoms with E-state index in [0.717, 1.165) is 5.92 Å². The van der Waals surface area contributed by atoms with Gasteiger partial charge in [0.25, 0.3) is 0 Å². The Labute approximate surface area is 124 Å². The molecule has 1 saturated carbocycles. The van der Waals surface area contributed by atoms with E-state index in [1.807, 2.05) is 0 Å². The smallest absolute Gasteiger partial charge is 0.0281 e. The first-order chi connectivity index (χ1) is 9.19. The topological polar surface area (TPSA) is 15.3 Å². The third kappa shape index (κ3) is 4.12. The van der Waals surface area contributed by atoms with E-state index >= 15 is 0 Å². The van der Waals surface area contributed by atoms with Gasteiger partial charge in [0.05, 0.1) is 0 Å². The zero-order valence-corrected chi connectivity index (χ0v) is 13.9. The maximum Gasteiger partial charge on any atom is 0.0281 e. The minimum absolute atomic E-state index is 0.575. The zero-order valence-electron chi connectivity index (χ0n) is 13.1. The Morgan fingerprint density at radius 1 is 1.37 bits per heavy atom. The second-order valence-corrected chi connectivity index (χ2v) is 7.89. The van der Waals surface area contributed by atoms with Crippen molar-refractivity contribution in [1.82, 2.24) is 10.2 Å². The lowest BCUT2D eigenvalue weighted by molar-refractivity contribution is 0.148. The Bertz CT molecular complexity index is 258. The van der Waals surface area contributed by atoms with Crippen LogP contribution in [-0.2, 0) is 0 Å². The summed E-state index contributed by atoms with van der Waals surface area (Å²) in [6, 6.07) is 0.685. The van der Waals surface area contributed by atoms with Crippen LogP contribution in [0.4, 0.5) is 0 Å². The lowest BCUT2D eigenvalue weighted by Gasteiger charge is -2.43. The number of nitrogens with zero attached hydrogens (tertiary/aromatic N) is 1. The highest BCUT2D eigenvalue weighted by Crippen LogP contribution is 2.42. The van der Waals surface area contributed by atoms with Crippen LogP contribution in [0.5, 0.6) is 0 Å². The molecule has 1 heterocycles. The normalized spacial score (nSPS) is 28.9. The summed E-state index contributed by atoms with van der Waals surface area (Å²) in [5, 5.41) is 3.86. The number of rotatable bonds is 7. The number of likely N-dealkylation sites (tertiary alicyclic amines) is 1. The minimum Gasteiger partial charge on any atom is -0.313 e. The van der Waals surface area contributed by atoms with Gasteiger partial charge in [-0.3, -0.25) is 0 Å². The molecule has 2 fully saturated rings. The van der Waals surface area contributed by atoms with Crippen molar-refractivity contribution in [2.45, 2.75) is 63.2 Å². The maximum absolute atomic E-state index is 3.86. The molecule has 2 nitrogen and oxygen atoms in total. The van der Waals surface area contributed by atoms with Gasteiger partial charge in [-0.25, -0.2) is 0 Å². The van der Waals surface area contributed by atoms with Crippen molar-refractivity contribution in [1.29, 1.82) is 0 Å². The van der Waals surface area contributed by atoms with Gasteiger partial charge in [0.1, 0.15) is 0 Å². The second-order valence-electron chi connectivity index (χ2n) is 6.61. The minimum atomic E-state index is 0.575. The molecule has 1 N–H and O–H groups in total. The van der Waals surface area contributed by atoms with Crippen molar-refractivity contribution in [3.8, 4) is 0 Å². The lowest BCUT2D eigenvalue weighted by atomic mass is 9.83. The number of nitrogens with one attached hydrogen (secondary N) is 1. The summed E-state index contributed by atoms with van der Waals surface area (Å²) >= 11 is 2.08. The maximum atomic E-state index is 3.86. The number of piperidine rings is 1. The first kappa shape index (κ1) is 15.7. The van der Waals surface area contributed by atoms with Gasteiger partial charge in [-0.15, -0.1) is 0 Å². The molecular weight excluding hydrogens is 252 g/mol. The number of hydrogen-bond donors (Lipinski definition) is 1. The average Bonchev–Trinajstić information content (AvgIpc) is 2.38. The molecule has 2 aliphatic rings. The lowest BCUT2D eigenvalue weighted by Crippen LogP contribution is -2.50. The molecule has 0 amide bonds. The fourth-order valence-corrected chi connectivity index (χ4v) is 4.48. The van der Waals surface area contributed by atoms with Gasteiger partial charge in [-0.1, -0.05) is 13.3 Å². The first-order valence-corrected chi connectivity index (χ1v) is 9.42. The van der Waals surface area contributed by atoms with Gasteiger partial charge in [0.15, 0.2) is 0 Å². The second kappa shape index (κ2) is 7.33. The predicted octanol–water partition coefficient (Wildman–Crippen LogP) is 3.37. The Balaban J connectivity index is 1.74. The van der Waals surface area contributed by atoms with E-state index in [1.165, 1.54) is 64.7 Å². The molecule has 0 aromatic carbocycles. The molecule has 0 bridgehead atoms. The Morgan fingerprint density at radius 2 is 2.16 bits per heavy atom. The van der Waals surface area contributed by atoms with Gasteiger partial charge < -0.3 is 10.2 Å². The average molecular weight is 285 g/mol. The van der Waals surface area contributed by atoms with Gasteiger partial charge in [-0.2, -0.15) is 11.8 Å². The highest BCUT2D eigenvalue weighted by Gasteiger charge is 2.36. The summed E-state index contributed by atoms with van der Waals surface area (Å²) in [7, 11) is 0. The van der Waals surface area contributed by atoms with Crippen LogP contribution in [0.15, 0.2) is 0 Å². The number of hydrogen-bond acceptors (Lipinski definition) is 3. The Hall–Kier alpha value is 0.270. The van der Waals surface area contributed by atoms with Crippen molar-refractivity contribution >= 4 is 11.8 Å². The zero-order chi connectivity index (χ0) is 13.7. The van der Waals surface area contributed by atoms with E-state index in [1.54, 1.807) is 0 Å². The molecule has 0 aromatic heterocycles. The Kier molecular flexibility index (Phi) is 6.04. The van der Waals surface area contributed by atoms with Crippen LogP contribution in [0.1, 0.15) is 52.4 Å². The largest absolute Gasteiger partial charge is 0.313 e. The predicted molar refractivity (Wildman–Crippen MR) is 87.0 cm³/mol. The van der Waals surface area contributed by atoms with E-state index < -0.39 is 0 Å². The fraction of sp³-hybridized carbons (Fsp3) is 1.00. The molecule has 0 radical (unpaired) electrons. The van der Waals surface area contributed by atoms with Crippen molar-refractivity contribution in [3.05, 3.63) is 0 Å². The molecule has 3 heteroatoms. The highest BCUT2D eigenvalue weighted by atomic mass is 32.2. The van der Waals surface area contributed by atoms with E-state index in [4.69, 9.17) is 0 Å². The molecule has 2 unspecified atom stereocenters. The number of thioether (sulfide) groups is 1. The molecule has 1 aliphatic carbocycles. The molecule has 2 rings (SSSR count). The van der Waals surface area contributed by atoms with E-state index in [2.05, 4.69) is 42.1 Å². The standard InChI is InChI=1S/C16H32N2S/c1-4-10-18-11-5-7-15(12-18)14(2)17-13-16(19-3)8-6-9-16/h14-15,17H,4-13H2,1-3H3. The summed E-state index contributed by atoms with van der Waals surface area (Å²) in [4.78, 5) is 2.67. The molecule has 112 valence electrons. The van der Waals surface area contributed by atoms with Crippen molar-refractivity contribution in [2.75, 3.05) is 32.4 Å². The van der Waals surface area contributed by atoms with Crippen LogP contribution >= 0.6 is 11.8 Å². The molecule has 1 aliphatic heterocycles. The summed E-state index contributed by atoms with van der Waals surface area (Å²) in [6.07, 6.45) is 10.7. The first-order valence-electron chi connectivity index (χ1n) is 8.20. The molecule has 2 atom stereocenters. The summed E-state index contributed by atoms with van der Waals surface area (Å²) < 4.78 is 0.575. The summed E-state index contributed by atoms with van der Waals surface area (Å²) in [6.45, 7) is 9.86. The third-order valence-corrected chi connectivity index (χ3v) is 6.65. The fourth-order valence-electron chi connectivity index (χ4n) is 3.56. The monoisotopic (exact) mass is 284 g/mol. The molecule has 0 spiro atoms. The molecule has 1 saturated heterocycles. The van der Waals surface area contributed by atoms with Gasteiger partial charge in [0, 0.05) is 23.9 Å².